The molecule has 6 heteroatoms. The standard InChI is InChI=1S/C15H21NO3S2/c1-3-11(2)10-21(18,19)16-15(17)14-13-7-5-4-6-12(13)8-9-20-14/h4-7,11,14H,3,8-10H2,1-2H3,(H,16,17)/t11-,14-/m0/s1. The van der Waals surface area contributed by atoms with Gasteiger partial charge in [-0.05, 0) is 29.2 Å². The first-order valence-corrected chi connectivity index (χ1v) is 9.86. The molecule has 1 aromatic rings. The first-order chi connectivity index (χ1) is 9.93. The zero-order valence-corrected chi connectivity index (χ0v) is 14.0. The summed E-state index contributed by atoms with van der Waals surface area (Å²) in [6.07, 6.45) is 1.69. The first-order valence-electron chi connectivity index (χ1n) is 7.16. The van der Waals surface area contributed by atoms with E-state index >= 15 is 0 Å². The fraction of sp³-hybridized carbons (Fsp3) is 0.533. The molecule has 0 fully saturated rings. The van der Waals surface area contributed by atoms with Crippen LogP contribution in [-0.4, -0.2) is 25.8 Å². The van der Waals surface area contributed by atoms with Gasteiger partial charge in [-0.25, -0.2) is 8.42 Å². The van der Waals surface area contributed by atoms with E-state index < -0.39 is 21.2 Å². The van der Waals surface area contributed by atoms with E-state index in [1.807, 2.05) is 38.1 Å². The second kappa shape index (κ2) is 6.83. The van der Waals surface area contributed by atoms with Crippen molar-refractivity contribution in [1.29, 1.82) is 0 Å². The number of carbonyl (C=O) groups is 1. The Morgan fingerprint density at radius 1 is 1.43 bits per heavy atom. The van der Waals surface area contributed by atoms with Crippen molar-refractivity contribution in [3.63, 3.8) is 0 Å². The van der Waals surface area contributed by atoms with Crippen LogP contribution >= 0.6 is 11.8 Å². The molecule has 0 spiro atoms. The van der Waals surface area contributed by atoms with Crippen molar-refractivity contribution < 1.29 is 13.2 Å². The molecule has 0 aromatic heterocycles. The smallest absolute Gasteiger partial charge is 0.251 e. The number of aryl methyl sites for hydroxylation is 1. The minimum atomic E-state index is -3.56. The Morgan fingerprint density at radius 3 is 2.86 bits per heavy atom. The quantitative estimate of drug-likeness (QED) is 0.902. The summed E-state index contributed by atoms with van der Waals surface area (Å²) in [4.78, 5) is 12.3. The third-order valence-corrected chi connectivity index (χ3v) is 6.45. The molecule has 116 valence electrons. The molecule has 2 rings (SSSR count). The van der Waals surface area contributed by atoms with Gasteiger partial charge in [0.1, 0.15) is 5.25 Å². The lowest BCUT2D eigenvalue weighted by molar-refractivity contribution is -0.118. The summed E-state index contributed by atoms with van der Waals surface area (Å²) >= 11 is 1.50. The highest BCUT2D eigenvalue weighted by atomic mass is 32.2. The van der Waals surface area contributed by atoms with Crippen LogP contribution in [0.5, 0.6) is 0 Å². The number of benzene rings is 1. The lowest BCUT2D eigenvalue weighted by atomic mass is 10.0. The highest BCUT2D eigenvalue weighted by molar-refractivity contribution is 8.00. The Balaban J connectivity index is 2.12. The highest BCUT2D eigenvalue weighted by Crippen LogP contribution is 2.36. The summed E-state index contributed by atoms with van der Waals surface area (Å²) in [5.41, 5.74) is 2.07. The summed E-state index contributed by atoms with van der Waals surface area (Å²) in [5.74, 6) is 0.450. The maximum atomic E-state index is 12.3. The van der Waals surface area contributed by atoms with Crippen molar-refractivity contribution in [2.24, 2.45) is 5.92 Å². The van der Waals surface area contributed by atoms with Crippen LogP contribution in [0.2, 0.25) is 0 Å². The van der Waals surface area contributed by atoms with Crippen molar-refractivity contribution >= 4 is 27.7 Å². The van der Waals surface area contributed by atoms with Crippen LogP contribution in [0.15, 0.2) is 24.3 Å². The lowest BCUT2D eigenvalue weighted by Gasteiger charge is -2.24. The summed E-state index contributed by atoms with van der Waals surface area (Å²) in [7, 11) is -3.56. The van der Waals surface area contributed by atoms with Gasteiger partial charge in [0, 0.05) is 0 Å². The molecule has 4 nitrogen and oxygen atoms in total. The summed E-state index contributed by atoms with van der Waals surface area (Å²) in [5, 5.41) is -0.429. The van der Waals surface area contributed by atoms with Crippen LogP contribution in [0.3, 0.4) is 0 Å². The van der Waals surface area contributed by atoms with Gasteiger partial charge in [-0.2, -0.15) is 0 Å². The van der Waals surface area contributed by atoms with Crippen LogP contribution < -0.4 is 4.72 Å². The van der Waals surface area contributed by atoms with E-state index in [-0.39, 0.29) is 11.7 Å². The van der Waals surface area contributed by atoms with E-state index in [0.29, 0.717) is 0 Å². The number of hydrogen-bond donors (Lipinski definition) is 1. The van der Waals surface area contributed by atoms with E-state index in [2.05, 4.69) is 4.72 Å². The minimum absolute atomic E-state index is 0.00568. The number of sulfonamides is 1. The van der Waals surface area contributed by atoms with Crippen molar-refractivity contribution in [2.75, 3.05) is 11.5 Å². The van der Waals surface area contributed by atoms with Gasteiger partial charge in [-0.15, -0.1) is 11.8 Å². The molecule has 1 N–H and O–H groups in total. The van der Waals surface area contributed by atoms with Gasteiger partial charge in [-0.3, -0.25) is 9.52 Å². The number of nitrogens with one attached hydrogen (secondary N) is 1. The van der Waals surface area contributed by atoms with Crippen molar-refractivity contribution in [1.82, 2.24) is 4.72 Å². The second-order valence-corrected chi connectivity index (χ2v) is 8.44. The van der Waals surface area contributed by atoms with Crippen LogP contribution in [0.25, 0.3) is 0 Å². The van der Waals surface area contributed by atoms with Gasteiger partial charge >= 0.3 is 0 Å². The molecule has 1 aliphatic rings. The molecule has 1 amide bonds. The van der Waals surface area contributed by atoms with Gasteiger partial charge in [0.05, 0.1) is 5.75 Å². The molecular formula is C15H21NO3S2. The molecule has 0 saturated carbocycles. The normalized spacial score (nSPS) is 19.6. The van der Waals surface area contributed by atoms with Gasteiger partial charge in [0.2, 0.25) is 10.0 Å². The monoisotopic (exact) mass is 327 g/mol. The molecule has 0 unspecified atom stereocenters. The Morgan fingerprint density at radius 2 is 2.14 bits per heavy atom. The van der Waals surface area contributed by atoms with Crippen LogP contribution in [0.4, 0.5) is 0 Å². The molecule has 0 aliphatic carbocycles. The van der Waals surface area contributed by atoms with Gasteiger partial charge in [0.15, 0.2) is 0 Å². The van der Waals surface area contributed by atoms with E-state index in [1.165, 1.54) is 11.8 Å². The minimum Gasteiger partial charge on any atom is -0.272 e. The van der Waals surface area contributed by atoms with E-state index in [9.17, 15) is 13.2 Å². The number of amides is 1. The third-order valence-electron chi connectivity index (χ3n) is 3.69. The molecule has 1 aromatic carbocycles. The van der Waals surface area contributed by atoms with Gasteiger partial charge in [-0.1, -0.05) is 44.5 Å². The Bertz CT molecular complexity index is 613. The molecule has 0 saturated heterocycles. The van der Waals surface area contributed by atoms with Crippen molar-refractivity contribution in [3.8, 4) is 0 Å². The first kappa shape index (κ1) is 16.4. The fourth-order valence-corrected chi connectivity index (χ4v) is 5.11. The number of fused-ring (bicyclic) bond motifs is 1. The number of thioether (sulfide) groups is 1. The highest BCUT2D eigenvalue weighted by Gasteiger charge is 2.29. The van der Waals surface area contributed by atoms with E-state index in [0.717, 1.165) is 29.7 Å². The second-order valence-electron chi connectivity index (χ2n) is 5.46. The van der Waals surface area contributed by atoms with Crippen LogP contribution in [0, 0.1) is 5.92 Å². The van der Waals surface area contributed by atoms with Gasteiger partial charge < -0.3 is 0 Å². The Kier molecular flexibility index (Phi) is 5.32. The summed E-state index contributed by atoms with van der Waals surface area (Å²) < 4.78 is 26.3. The Labute approximate surface area is 130 Å². The fourth-order valence-electron chi connectivity index (χ4n) is 2.35. The van der Waals surface area contributed by atoms with E-state index in [1.54, 1.807) is 0 Å². The SMILES string of the molecule is CC[C@H](C)CS(=O)(=O)NC(=O)[C@H]1SCCc2ccccc21. The zero-order valence-electron chi connectivity index (χ0n) is 12.3. The van der Waals surface area contributed by atoms with Crippen molar-refractivity contribution in [3.05, 3.63) is 35.4 Å². The molecule has 0 radical (unpaired) electrons. The predicted molar refractivity (Wildman–Crippen MR) is 86.7 cm³/mol. The average molecular weight is 327 g/mol. The molecule has 2 atom stereocenters. The number of carbonyl (C=O) groups excluding carboxylic acids is 1. The predicted octanol–water partition coefficient (Wildman–Crippen LogP) is 2.51. The number of hydrogen-bond acceptors (Lipinski definition) is 4. The maximum absolute atomic E-state index is 12.3. The Hall–Kier alpha value is -1.01. The molecule has 1 aliphatic heterocycles. The average Bonchev–Trinajstić information content (AvgIpc) is 2.45. The molecule has 21 heavy (non-hydrogen) atoms. The van der Waals surface area contributed by atoms with Crippen LogP contribution in [0.1, 0.15) is 36.6 Å². The maximum Gasteiger partial charge on any atom is 0.251 e. The summed E-state index contributed by atoms with van der Waals surface area (Å²) in [6, 6.07) is 7.75. The van der Waals surface area contributed by atoms with Crippen LogP contribution in [-0.2, 0) is 21.2 Å². The summed E-state index contributed by atoms with van der Waals surface area (Å²) in [6.45, 7) is 3.81. The molecular weight excluding hydrogens is 306 g/mol. The van der Waals surface area contributed by atoms with Gasteiger partial charge in [0.25, 0.3) is 5.91 Å². The molecule has 0 bridgehead atoms. The zero-order chi connectivity index (χ0) is 15.5. The third kappa shape index (κ3) is 4.23. The van der Waals surface area contributed by atoms with E-state index in [4.69, 9.17) is 0 Å². The van der Waals surface area contributed by atoms with Crippen molar-refractivity contribution in [2.45, 2.75) is 31.9 Å². The lowest BCUT2D eigenvalue weighted by Crippen LogP contribution is -2.37. The topological polar surface area (TPSA) is 63.2 Å². The molecule has 1 heterocycles. The number of rotatable bonds is 5. The largest absolute Gasteiger partial charge is 0.272 e.